The molecule has 0 radical (unpaired) electrons. The van der Waals surface area contributed by atoms with E-state index in [9.17, 15) is 0 Å². The molecule has 1 aromatic carbocycles. The minimum Gasteiger partial charge on any atom is -0.397 e. The molecule has 1 aliphatic heterocycles. The SMILES string of the molecule is COC1(OC)CN(c2ccc(Cl)cc2N)C1. The van der Waals surface area contributed by atoms with Crippen LogP contribution in [0.1, 0.15) is 0 Å². The van der Waals surface area contributed by atoms with Crippen LogP contribution < -0.4 is 10.6 Å². The van der Waals surface area contributed by atoms with Gasteiger partial charge in [0.05, 0.1) is 24.5 Å². The van der Waals surface area contributed by atoms with Crippen molar-refractivity contribution in [1.82, 2.24) is 0 Å². The Hall–Kier alpha value is -0.970. The second-order valence-electron chi connectivity index (χ2n) is 3.88. The summed E-state index contributed by atoms with van der Waals surface area (Å²) < 4.78 is 10.6. The number of ether oxygens (including phenoxy) is 2. The smallest absolute Gasteiger partial charge is 0.203 e. The first-order valence-electron chi connectivity index (χ1n) is 5.00. The Labute approximate surface area is 99.9 Å². The number of methoxy groups -OCH3 is 2. The van der Waals surface area contributed by atoms with Crippen molar-refractivity contribution in [1.29, 1.82) is 0 Å². The van der Waals surface area contributed by atoms with Crippen LogP contribution in [0.5, 0.6) is 0 Å². The molecule has 1 fully saturated rings. The summed E-state index contributed by atoms with van der Waals surface area (Å²) in [7, 11) is 3.29. The Balaban J connectivity index is 2.12. The molecule has 0 spiro atoms. The van der Waals surface area contributed by atoms with Crippen molar-refractivity contribution >= 4 is 23.0 Å². The quantitative estimate of drug-likeness (QED) is 0.648. The Morgan fingerprint density at radius 3 is 2.44 bits per heavy atom. The minimum absolute atomic E-state index is 0.494. The van der Waals surface area contributed by atoms with E-state index < -0.39 is 5.79 Å². The lowest BCUT2D eigenvalue weighted by Crippen LogP contribution is -2.64. The zero-order valence-electron chi connectivity index (χ0n) is 9.37. The highest BCUT2D eigenvalue weighted by Crippen LogP contribution is 2.35. The third kappa shape index (κ3) is 1.84. The number of nitrogen functional groups attached to an aromatic ring is 1. The fourth-order valence-corrected chi connectivity index (χ4v) is 2.04. The van der Waals surface area contributed by atoms with Crippen LogP contribution in [-0.2, 0) is 9.47 Å². The van der Waals surface area contributed by atoms with Crippen molar-refractivity contribution < 1.29 is 9.47 Å². The van der Waals surface area contributed by atoms with E-state index in [1.807, 2.05) is 12.1 Å². The molecule has 1 aromatic rings. The molecule has 1 heterocycles. The van der Waals surface area contributed by atoms with Crippen LogP contribution in [0.2, 0.25) is 5.02 Å². The summed E-state index contributed by atoms with van der Waals surface area (Å²) in [5.74, 6) is -0.494. The molecule has 1 saturated heterocycles. The maximum absolute atomic E-state index is 5.90. The van der Waals surface area contributed by atoms with Gasteiger partial charge < -0.3 is 20.1 Å². The number of halogens is 1. The summed E-state index contributed by atoms with van der Waals surface area (Å²) in [6.45, 7) is 1.34. The van der Waals surface area contributed by atoms with Crippen LogP contribution in [-0.4, -0.2) is 33.1 Å². The van der Waals surface area contributed by atoms with E-state index >= 15 is 0 Å². The van der Waals surface area contributed by atoms with E-state index in [1.165, 1.54) is 0 Å². The summed E-state index contributed by atoms with van der Waals surface area (Å²) in [5, 5.41) is 0.645. The monoisotopic (exact) mass is 242 g/mol. The predicted molar refractivity (Wildman–Crippen MR) is 64.8 cm³/mol. The van der Waals surface area contributed by atoms with Gasteiger partial charge in [-0.05, 0) is 18.2 Å². The van der Waals surface area contributed by atoms with E-state index in [0.29, 0.717) is 23.8 Å². The standard InChI is InChI=1S/C11H15ClN2O2/c1-15-11(16-2)6-14(7-11)10-4-3-8(12)5-9(10)13/h3-5H,6-7,13H2,1-2H3. The Kier molecular flexibility index (Phi) is 2.97. The van der Waals surface area contributed by atoms with Gasteiger partial charge in [0.1, 0.15) is 0 Å². The average molecular weight is 243 g/mol. The van der Waals surface area contributed by atoms with Crippen molar-refractivity contribution in [2.45, 2.75) is 5.79 Å². The first kappa shape index (κ1) is 11.5. The molecule has 0 aromatic heterocycles. The second kappa shape index (κ2) is 4.13. The zero-order chi connectivity index (χ0) is 11.8. The summed E-state index contributed by atoms with van der Waals surface area (Å²) in [6.07, 6.45) is 0. The number of anilines is 2. The van der Waals surface area contributed by atoms with Gasteiger partial charge in [-0.1, -0.05) is 11.6 Å². The molecule has 2 N–H and O–H groups in total. The molecule has 0 atom stereocenters. The molecule has 1 aliphatic rings. The van der Waals surface area contributed by atoms with Gasteiger partial charge in [0, 0.05) is 19.2 Å². The van der Waals surface area contributed by atoms with E-state index in [-0.39, 0.29) is 0 Å². The molecule has 16 heavy (non-hydrogen) atoms. The lowest BCUT2D eigenvalue weighted by atomic mass is 10.1. The van der Waals surface area contributed by atoms with Gasteiger partial charge in [0.2, 0.25) is 5.79 Å². The fourth-order valence-electron chi connectivity index (χ4n) is 1.86. The third-order valence-electron chi connectivity index (χ3n) is 2.94. The number of hydrogen-bond acceptors (Lipinski definition) is 4. The number of nitrogens with two attached hydrogens (primary N) is 1. The Morgan fingerprint density at radius 1 is 1.31 bits per heavy atom. The summed E-state index contributed by atoms with van der Waals surface area (Å²) in [5.41, 5.74) is 7.54. The van der Waals surface area contributed by atoms with Gasteiger partial charge >= 0.3 is 0 Å². The van der Waals surface area contributed by atoms with Crippen LogP contribution in [0, 0.1) is 0 Å². The zero-order valence-corrected chi connectivity index (χ0v) is 10.1. The predicted octanol–water partition coefficient (Wildman–Crippen LogP) is 1.73. The van der Waals surface area contributed by atoms with Crippen molar-refractivity contribution in [3.63, 3.8) is 0 Å². The van der Waals surface area contributed by atoms with Gasteiger partial charge in [-0.3, -0.25) is 0 Å². The molecular formula is C11H15ClN2O2. The minimum atomic E-state index is -0.494. The van der Waals surface area contributed by atoms with E-state index in [1.54, 1.807) is 20.3 Å². The van der Waals surface area contributed by atoms with Crippen molar-refractivity contribution in [3.05, 3.63) is 23.2 Å². The molecule has 0 bridgehead atoms. The largest absolute Gasteiger partial charge is 0.397 e. The van der Waals surface area contributed by atoms with E-state index in [4.69, 9.17) is 26.8 Å². The maximum Gasteiger partial charge on any atom is 0.203 e. The normalized spacial score (nSPS) is 18.3. The fraction of sp³-hybridized carbons (Fsp3) is 0.455. The molecule has 0 amide bonds. The molecule has 5 heteroatoms. The van der Waals surface area contributed by atoms with Crippen LogP contribution in [0.4, 0.5) is 11.4 Å². The highest BCUT2D eigenvalue weighted by molar-refractivity contribution is 6.31. The molecule has 2 rings (SSSR count). The van der Waals surface area contributed by atoms with Crippen LogP contribution in [0.3, 0.4) is 0 Å². The molecule has 4 nitrogen and oxygen atoms in total. The lowest BCUT2D eigenvalue weighted by Gasteiger charge is -2.49. The molecule has 0 saturated carbocycles. The van der Waals surface area contributed by atoms with Crippen LogP contribution >= 0.6 is 11.6 Å². The topological polar surface area (TPSA) is 47.7 Å². The Morgan fingerprint density at radius 2 is 1.94 bits per heavy atom. The molecular weight excluding hydrogens is 228 g/mol. The number of hydrogen-bond donors (Lipinski definition) is 1. The molecule has 0 aliphatic carbocycles. The van der Waals surface area contributed by atoms with E-state index in [0.717, 1.165) is 5.69 Å². The van der Waals surface area contributed by atoms with Crippen molar-refractivity contribution in [3.8, 4) is 0 Å². The lowest BCUT2D eigenvalue weighted by molar-refractivity contribution is -0.219. The third-order valence-corrected chi connectivity index (χ3v) is 3.17. The first-order valence-corrected chi connectivity index (χ1v) is 5.38. The van der Waals surface area contributed by atoms with E-state index in [2.05, 4.69) is 4.90 Å². The molecule has 0 unspecified atom stereocenters. The summed E-state index contributed by atoms with van der Waals surface area (Å²) >= 11 is 5.85. The second-order valence-corrected chi connectivity index (χ2v) is 4.31. The van der Waals surface area contributed by atoms with Gasteiger partial charge in [-0.2, -0.15) is 0 Å². The van der Waals surface area contributed by atoms with Gasteiger partial charge in [-0.15, -0.1) is 0 Å². The highest BCUT2D eigenvalue weighted by Gasteiger charge is 2.44. The number of nitrogens with zero attached hydrogens (tertiary/aromatic N) is 1. The maximum atomic E-state index is 5.90. The van der Waals surface area contributed by atoms with Gasteiger partial charge in [-0.25, -0.2) is 0 Å². The van der Waals surface area contributed by atoms with Crippen LogP contribution in [0.25, 0.3) is 0 Å². The number of benzene rings is 1. The van der Waals surface area contributed by atoms with Crippen molar-refractivity contribution in [2.75, 3.05) is 37.9 Å². The number of rotatable bonds is 3. The van der Waals surface area contributed by atoms with Crippen molar-refractivity contribution in [2.24, 2.45) is 0 Å². The highest BCUT2D eigenvalue weighted by atomic mass is 35.5. The first-order chi connectivity index (χ1) is 7.60. The van der Waals surface area contributed by atoms with Gasteiger partial charge in [0.15, 0.2) is 0 Å². The van der Waals surface area contributed by atoms with Gasteiger partial charge in [0.25, 0.3) is 0 Å². The summed E-state index contributed by atoms with van der Waals surface area (Å²) in [6, 6.07) is 5.48. The Bertz CT molecular complexity index is 386. The summed E-state index contributed by atoms with van der Waals surface area (Å²) in [4.78, 5) is 2.10. The molecule has 88 valence electrons. The average Bonchev–Trinajstić information content (AvgIpc) is 2.20. The van der Waals surface area contributed by atoms with Crippen LogP contribution in [0.15, 0.2) is 18.2 Å².